The fourth-order valence-electron chi connectivity index (χ4n) is 2.03. The molecule has 6 heteroatoms. The van der Waals surface area contributed by atoms with Gasteiger partial charge in [-0.25, -0.2) is 4.39 Å². The molecule has 116 valence electrons. The van der Waals surface area contributed by atoms with Crippen molar-refractivity contribution in [3.05, 3.63) is 70.1 Å². The maximum Gasteiger partial charge on any atom is 0.277 e. The Hall–Kier alpha value is -2.47. The highest BCUT2D eigenvalue weighted by Gasteiger charge is 2.14. The third kappa shape index (κ3) is 3.48. The molecule has 0 aliphatic carbocycles. The van der Waals surface area contributed by atoms with Crippen molar-refractivity contribution in [2.45, 2.75) is 6.92 Å². The van der Waals surface area contributed by atoms with Crippen molar-refractivity contribution >= 4 is 27.5 Å². The van der Waals surface area contributed by atoms with Crippen molar-refractivity contribution in [1.29, 1.82) is 0 Å². The molecule has 0 unspecified atom stereocenters. The van der Waals surface area contributed by atoms with E-state index in [0.29, 0.717) is 22.6 Å². The number of rotatable bonds is 3. The summed E-state index contributed by atoms with van der Waals surface area (Å²) < 4.78 is 19.6. The second-order valence-electron chi connectivity index (χ2n) is 5.00. The summed E-state index contributed by atoms with van der Waals surface area (Å²) in [5.41, 5.74) is 1.83. The Balaban J connectivity index is 1.81. The molecule has 2 aromatic carbocycles. The van der Waals surface area contributed by atoms with Gasteiger partial charge in [-0.1, -0.05) is 39.3 Å². The van der Waals surface area contributed by atoms with Crippen LogP contribution >= 0.6 is 15.9 Å². The van der Waals surface area contributed by atoms with Gasteiger partial charge in [0.2, 0.25) is 0 Å². The number of carbonyl (C=O) groups excluding carboxylic acids is 1. The number of anilines is 1. The Labute approximate surface area is 140 Å². The van der Waals surface area contributed by atoms with Crippen molar-refractivity contribution in [3.63, 3.8) is 0 Å². The molecule has 0 atom stereocenters. The van der Waals surface area contributed by atoms with E-state index in [4.69, 9.17) is 4.52 Å². The van der Waals surface area contributed by atoms with E-state index in [-0.39, 0.29) is 11.5 Å². The number of carbonyl (C=O) groups is 1. The summed E-state index contributed by atoms with van der Waals surface area (Å²) in [6.45, 7) is 1.68. The van der Waals surface area contributed by atoms with Crippen LogP contribution in [-0.2, 0) is 0 Å². The molecule has 0 radical (unpaired) electrons. The van der Waals surface area contributed by atoms with Gasteiger partial charge in [-0.3, -0.25) is 4.79 Å². The van der Waals surface area contributed by atoms with Gasteiger partial charge in [0.05, 0.1) is 0 Å². The predicted octanol–water partition coefficient (Wildman–Crippen LogP) is 4.80. The molecule has 1 N–H and O–H groups in total. The Morgan fingerprint density at radius 3 is 2.78 bits per heavy atom. The number of nitrogens with one attached hydrogen (secondary N) is 1. The Bertz CT molecular complexity index is 877. The summed E-state index contributed by atoms with van der Waals surface area (Å²) in [6.07, 6.45) is 0. The van der Waals surface area contributed by atoms with Crippen LogP contribution in [-0.4, -0.2) is 11.1 Å². The molecule has 0 aliphatic heterocycles. The molecule has 3 rings (SSSR count). The molecule has 0 saturated carbocycles. The molecule has 0 spiro atoms. The number of hydrogen-bond donors (Lipinski definition) is 1. The fourth-order valence-corrected chi connectivity index (χ4v) is 2.42. The van der Waals surface area contributed by atoms with Crippen molar-refractivity contribution < 1.29 is 13.7 Å². The van der Waals surface area contributed by atoms with E-state index in [1.807, 2.05) is 12.1 Å². The highest BCUT2D eigenvalue weighted by molar-refractivity contribution is 9.10. The van der Waals surface area contributed by atoms with Crippen LogP contribution in [0.25, 0.3) is 11.3 Å². The van der Waals surface area contributed by atoms with E-state index in [1.165, 1.54) is 12.1 Å². The number of aryl methyl sites for hydroxylation is 1. The van der Waals surface area contributed by atoms with Gasteiger partial charge in [0.1, 0.15) is 5.82 Å². The van der Waals surface area contributed by atoms with E-state index < -0.39 is 5.91 Å². The number of nitrogens with zero attached hydrogens (tertiary/aromatic N) is 1. The quantitative estimate of drug-likeness (QED) is 0.715. The lowest BCUT2D eigenvalue weighted by Gasteiger charge is -2.02. The van der Waals surface area contributed by atoms with Crippen LogP contribution in [0.1, 0.15) is 16.1 Å². The minimum Gasteiger partial charge on any atom is -0.355 e. The molecule has 23 heavy (non-hydrogen) atoms. The lowest BCUT2D eigenvalue weighted by molar-refractivity contribution is 0.101. The number of halogens is 2. The zero-order valence-corrected chi connectivity index (χ0v) is 13.7. The summed E-state index contributed by atoms with van der Waals surface area (Å²) in [4.78, 5) is 12.2. The van der Waals surface area contributed by atoms with Gasteiger partial charge in [0.25, 0.3) is 5.91 Å². The second kappa shape index (κ2) is 6.34. The first kappa shape index (κ1) is 15.4. The molecule has 1 aromatic heterocycles. The van der Waals surface area contributed by atoms with Crippen LogP contribution < -0.4 is 5.32 Å². The van der Waals surface area contributed by atoms with Crippen LogP contribution in [0.15, 0.2) is 57.5 Å². The maximum absolute atomic E-state index is 13.6. The third-order valence-corrected chi connectivity index (χ3v) is 3.77. The van der Waals surface area contributed by atoms with Crippen LogP contribution in [0.4, 0.5) is 10.1 Å². The fraction of sp³-hybridized carbons (Fsp3) is 0.0588. The molecule has 1 amide bonds. The molecule has 0 fully saturated rings. The van der Waals surface area contributed by atoms with Crippen molar-refractivity contribution in [2.75, 3.05) is 5.32 Å². The summed E-state index contributed by atoms with van der Waals surface area (Å²) in [5.74, 6) is -0.395. The van der Waals surface area contributed by atoms with Gasteiger partial charge in [0.15, 0.2) is 11.5 Å². The minimum absolute atomic E-state index is 0.126. The lowest BCUT2D eigenvalue weighted by atomic mass is 10.1. The van der Waals surface area contributed by atoms with Gasteiger partial charge in [0, 0.05) is 21.8 Å². The molecule has 4 nitrogen and oxygen atoms in total. The lowest BCUT2D eigenvalue weighted by Crippen LogP contribution is -2.11. The van der Waals surface area contributed by atoms with E-state index >= 15 is 0 Å². The maximum atomic E-state index is 13.6. The monoisotopic (exact) mass is 374 g/mol. The summed E-state index contributed by atoms with van der Waals surface area (Å²) in [7, 11) is 0. The average molecular weight is 375 g/mol. The predicted molar refractivity (Wildman–Crippen MR) is 88.7 cm³/mol. The SMILES string of the molecule is Cc1ccc(-c2cc(C(=O)Nc3cccc(Br)c3)no2)cc1F. The van der Waals surface area contributed by atoms with Crippen LogP contribution in [0.5, 0.6) is 0 Å². The van der Waals surface area contributed by atoms with Crippen molar-refractivity contribution in [3.8, 4) is 11.3 Å². The molecule has 0 saturated heterocycles. The topological polar surface area (TPSA) is 55.1 Å². The molecule has 3 aromatic rings. The van der Waals surface area contributed by atoms with E-state index in [1.54, 1.807) is 31.2 Å². The van der Waals surface area contributed by atoms with E-state index in [2.05, 4.69) is 26.4 Å². The first-order valence-electron chi connectivity index (χ1n) is 6.83. The molecule has 0 bridgehead atoms. The number of aromatic nitrogens is 1. The molecular weight excluding hydrogens is 363 g/mol. The molecular formula is C17H12BrFN2O2. The van der Waals surface area contributed by atoms with E-state index in [9.17, 15) is 9.18 Å². The Kier molecular flexibility index (Phi) is 4.25. The number of hydrogen-bond acceptors (Lipinski definition) is 3. The second-order valence-corrected chi connectivity index (χ2v) is 5.92. The van der Waals surface area contributed by atoms with Crippen LogP contribution in [0.2, 0.25) is 0 Å². The van der Waals surface area contributed by atoms with Gasteiger partial charge in [-0.05, 0) is 36.8 Å². The third-order valence-electron chi connectivity index (χ3n) is 3.28. The van der Waals surface area contributed by atoms with Gasteiger partial charge >= 0.3 is 0 Å². The zero-order valence-electron chi connectivity index (χ0n) is 12.1. The largest absolute Gasteiger partial charge is 0.355 e. The minimum atomic E-state index is -0.398. The highest BCUT2D eigenvalue weighted by Crippen LogP contribution is 2.23. The molecule has 1 heterocycles. The number of amides is 1. The first-order chi connectivity index (χ1) is 11.0. The summed E-state index contributed by atoms with van der Waals surface area (Å²) in [5, 5.41) is 6.46. The van der Waals surface area contributed by atoms with Crippen molar-refractivity contribution in [1.82, 2.24) is 5.16 Å². The first-order valence-corrected chi connectivity index (χ1v) is 7.62. The average Bonchev–Trinajstić information content (AvgIpc) is 3.00. The highest BCUT2D eigenvalue weighted by atomic mass is 79.9. The van der Waals surface area contributed by atoms with Crippen LogP contribution in [0, 0.1) is 12.7 Å². The Morgan fingerprint density at radius 2 is 2.04 bits per heavy atom. The van der Waals surface area contributed by atoms with Gasteiger partial charge < -0.3 is 9.84 Å². The van der Waals surface area contributed by atoms with Crippen LogP contribution in [0.3, 0.4) is 0 Å². The van der Waals surface area contributed by atoms with Crippen molar-refractivity contribution in [2.24, 2.45) is 0 Å². The number of benzene rings is 2. The van der Waals surface area contributed by atoms with Gasteiger partial charge in [-0.2, -0.15) is 0 Å². The summed E-state index contributed by atoms with van der Waals surface area (Å²) >= 11 is 3.33. The zero-order chi connectivity index (χ0) is 16.4. The standard InChI is InChI=1S/C17H12BrFN2O2/c1-10-5-6-11(7-14(10)19)16-9-15(21-23-16)17(22)20-13-4-2-3-12(18)8-13/h2-9H,1H3,(H,20,22). The smallest absolute Gasteiger partial charge is 0.277 e. The van der Waals surface area contributed by atoms with Gasteiger partial charge in [-0.15, -0.1) is 0 Å². The summed E-state index contributed by atoms with van der Waals surface area (Å²) in [6, 6.07) is 13.4. The van der Waals surface area contributed by atoms with E-state index in [0.717, 1.165) is 4.47 Å². The Morgan fingerprint density at radius 1 is 1.22 bits per heavy atom. The normalized spacial score (nSPS) is 10.6. The molecule has 0 aliphatic rings.